The van der Waals surface area contributed by atoms with Gasteiger partial charge in [0.15, 0.2) is 0 Å². The van der Waals surface area contributed by atoms with E-state index in [1.54, 1.807) is 0 Å². The third-order valence-electron chi connectivity index (χ3n) is 3.32. The molecule has 98 valence electrons. The third-order valence-corrected chi connectivity index (χ3v) is 3.32. The summed E-state index contributed by atoms with van der Waals surface area (Å²) in [7, 11) is 1.96. The maximum Gasteiger partial charge on any atom is 0.342 e. The van der Waals surface area contributed by atoms with Gasteiger partial charge < -0.3 is 10.0 Å². The number of H-pyrrole nitrogens is 1. The Morgan fingerprint density at radius 3 is 2.83 bits per heavy atom. The Balaban J connectivity index is 2.33. The van der Waals surface area contributed by atoms with Crippen LogP contribution >= 0.6 is 0 Å². The minimum atomic E-state index is -1.33. The van der Waals surface area contributed by atoms with Gasteiger partial charge in [0.05, 0.1) is 0 Å². The van der Waals surface area contributed by atoms with Crippen molar-refractivity contribution in [2.75, 3.05) is 13.6 Å². The highest BCUT2D eigenvalue weighted by molar-refractivity contribution is 5.86. The first-order chi connectivity index (χ1) is 8.49. The molecule has 1 fully saturated rings. The summed E-state index contributed by atoms with van der Waals surface area (Å²) in [6.07, 6.45) is 3.14. The van der Waals surface area contributed by atoms with E-state index in [1.807, 2.05) is 12.0 Å². The van der Waals surface area contributed by atoms with Crippen LogP contribution in [-0.4, -0.2) is 45.2 Å². The smallest absolute Gasteiger partial charge is 0.342 e. The minimum absolute atomic E-state index is 0.204. The molecule has 7 heteroatoms. The van der Waals surface area contributed by atoms with Gasteiger partial charge in [-0.2, -0.15) is 0 Å². The molecule has 7 nitrogen and oxygen atoms in total. The molecule has 0 saturated carbocycles. The second kappa shape index (κ2) is 4.77. The van der Waals surface area contributed by atoms with Crippen LogP contribution in [0.1, 0.15) is 23.2 Å². The highest BCUT2D eigenvalue weighted by Crippen LogP contribution is 2.15. The van der Waals surface area contributed by atoms with Gasteiger partial charge in [-0.05, 0) is 26.4 Å². The van der Waals surface area contributed by atoms with E-state index >= 15 is 0 Å². The van der Waals surface area contributed by atoms with E-state index in [2.05, 4.69) is 4.90 Å². The van der Waals surface area contributed by atoms with E-state index in [1.165, 1.54) is 4.57 Å². The zero-order valence-corrected chi connectivity index (χ0v) is 10.0. The van der Waals surface area contributed by atoms with E-state index < -0.39 is 22.8 Å². The van der Waals surface area contributed by atoms with Crippen molar-refractivity contribution >= 4 is 5.97 Å². The molecule has 1 unspecified atom stereocenters. The van der Waals surface area contributed by atoms with Crippen molar-refractivity contribution in [2.24, 2.45) is 0 Å². The van der Waals surface area contributed by atoms with Crippen LogP contribution in [0.3, 0.4) is 0 Å². The average molecular weight is 253 g/mol. The molecule has 1 atom stereocenters. The largest absolute Gasteiger partial charge is 0.477 e. The molecule has 1 aliphatic rings. The Bertz CT molecular complexity index is 574. The molecule has 1 saturated heterocycles. The normalized spacial score (nSPS) is 20.2. The Morgan fingerprint density at radius 1 is 1.56 bits per heavy atom. The van der Waals surface area contributed by atoms with Gasteiger partial charge in [-0.15, -0.1) is 0 Å². The number of hydrogen-bond acceptors (Lipinski definition) is 4. The fourth-order valence-corrected chi connectivity index (χ4v) is 2.23. The maximum absolute atomic E-state index is 11.6. The van der Waals surface area contributed by atoms with Gasteiger partial charge in [0.2, 0.25) is 0 Å². The van der Waals surface area contributed by atoms with Crippen LogP contribution in [0.15, 0.2) is 15.8 Å². The highest BCUT2D eigenvalue weighted by Gasteiger charge is 2.22. The first-order valence-electron chi connectivity index (χ1n) is 5.76. The van der Waals surface area contributed by atoms with Crippen LogP contribution < -0.4 is 11.2 Å². The summed E-state index contributed by atoms with van der Waals surface area (Å²) in [6, 6.07) is 0.204. The summed E-state index contributed by atoms with van der Waals surface area (Å²) in [5, 5.41) is 8.85. The highest BCUT2D eigenvalue weighted by atomic mass is 16.4. The monoisotopic (exact) mass is 253 g/mol. The SMILES string of the molecule is CN1CCCC1Cn1cc(C(=O)O)c(=O)[nH]c1=O. The molecule has 18 heavy (non-hydrogen) atoms. The number of likely N-dealkylation sites (tertiary alicyclic amines) is 1. The Labute approximate surface area is 103 Å². The molecule has 0 radical (unpaired) electrons. The zero-order chi connectivity index (χ0) is 13.3. The Hall–Kier alpha value is -1.89. The van der Waals surface area contributed by atoms with Crippen LogP contribution in [0.2, 0.25) is 0 Å². The fraction of sp³-hybridized carbons (Fsp3) is 0.545. The van der Waals surface area contributed by atoms with Gasteiger partial charge in [0.1, 0.15) is 5.56 Å². The second-order valence-electron chi connectivity index (χ2n) is 4.54. The summed E-state index contributed by atoms with van der Waals surface area (Å²) in [5.41, 5.74) is -1.83. The molecular weight excluding hydrogens is 238 g/mol. The van der Waals surface area contributed by atoms with Crippen molar-refractivity contribution < 1.29 is 9.90 Å². The third kappa shape index (κ3) is 2.35. The lowest BCUT2D eigenvalue weighted by atomic mass is 10.2. The number of likely N-dealkylation sites (N-methyl/N-ethyl adjacent to an activating group) is 1. The Morgan fingerprint density at radius 2 is 2.28 bits per heavy atom. The molecule has 2 N–H and O–H groups in total. The lowest BCUT2D eigenvalue weighted by Crippen LogP contribution is -2.38. The molecule has 0 spiro atoms. The van der Waals surface area contributed by atoms with Crippen LogP contribution in [0.4, 0.5) is 0 Å². The van der Waals surface area contributed by atoms with Crippen molar-refractivity contribution in [1.82, 2.24) is 14.5 Å². The lowest BCUT2D eigenvalue weighted by molar-refractivity contribution is 0.0693. The molecule has 1 aromatic heterocycles. The van der Waals surface area contributed by atoms with E-state index in [0.717, 1.165) is 25.6 Å². The van der Waals surface area contributed by atoms with Gasteiger partial charge in [-0.25, -0.2) is 9.59 Å². The topological polar surface area (TPSA) is 95.4 Å². The predicted molar refractivity (Wildman–Crippen MR) is 63.9 cm³/mol. The molecular formula is C11H15N3O4. The van der Waals surface area contributed by atoms with Gasteiger partial charge in [0, 0.05) is 18.8 Å². The standard InChI is InChI=1S/C11H15N3O4/c1-13-4-2-3-7(13)5-14-6-8(10(16)17)9(15)12-11(14)18/h6-7H,2-5H2,1H3,(H,16,17)(H,12,15,18). The number of nitrogens with zero attached hydrogens (tertiary/aromatic N) is 2. The number of hydrogen-bond donors (Lipinski definition) is 2. The maximum atomic E-state index is 11.6. The van der Waals surface area contributed by atoms with Gasteiger partial charge in [0.25, 0.3) is 5.56 Å². The number of rotatable bonds is 3. The number of aromatic amines is 1. The zero-order valence-electron chi connectivity index (χ0n) is 10.0. The second-order valence-corrected chi connectivity index (χ2v) is 4.54. The predicted octanol–water partition coefficient (Wildman–Crippen LogP) is -0.671. The van der Waals surface area contributed by atoms with Crippen LogP contribution in [0.25, 0.3) is 0 Å². The van der Waals surface area contributed by atoms with Crippen molar-refractivity contribution in [3.05, 3.63) is 32.6 Å². The van der Waals surface area contributed by atoms with Gasteiger partial charge in [-0.1, -0.05) is 0 Å². The molecule has 1 aromatic rings. The van der Waals surface area contributed by atoms with Crippen molar-refractivity contribution in [2.45, 2.75) is 25.4 Å². The van der Waals surface area contributed by atoms with E-state index in [9.17, 15) is 14.4 Å². The van der Waals surface area contributed by atoms with E-state index in [4.69, 9.17) is 5.11 Å². The van der Waals surface area contributed by atoms with Crippen molar-refractivity contribution in [1.29, 1.82) is 0 Å². The van der Waals surface area contributed by atoms with E-state index in [-0.39, 0.29) is 6.04 Å². The quantitative estimate of drug-likeness (QED) is 0.744. The summed E-state index contributed by atoms with van der Waals surface area (Å²) in [6.45, 7) is 1.36. The fourth-order valence-electron chi connectivity index (χ4n) is 2.23. The molecule has 0 aromatic carbocycles. The first-order valence-corrected chi connectivity index (χ1v) is 5.76. The summed E-state index contributed by atoms with van der Waals surface area (Å²) in [4.78, 5) is 37.9. The van der Waals surface area contributed by atoms with Gasteiger partial charge >= 0.3 is 11.7 Å². The molecule has 0 aliphatic carbocycles. The first kappa shape index (κ1) is 12.6. The van der Waals surface area contributed by atoms with E-state index in [0.29, 0.717) is 6.54 Å². The lowest BCUT2D eigenvalue weighted by Gasteiger charge is -2.20. The molecule has 2 heterocycles. The molecule has 0 amide bonds. The number of carboxylic acids is 1. The summed E-state index contributed by atoms with van der Waals surface area (Å²) in [5.74, 6) is -1.33. The number of carbonyl (C=O) groups is 1. The number of aromatic carboxylic acids is 1. The average Bonchev–Trinajstić information content (AvgIpc) is 2.67. The molecule has 1 aliphatic heterocycles. The van der Waals surface area contributed by atoms with Gasteiger partial charge in [-0.3, -0.25) is 14.3 Å². The van der Waals surface area contributed by atoms with Crippen molar-refractivity contribution in [3.63, 3.8) is 0 Å². The van der Waals surface area contributed by atoms with Crippen LogP contribution in [0, 0.1) is 0 Å². The number of aromatic nitrogens is 2. The number of nitrogens with one attached hydrogen (secondary N) is 1. The Kier molecular flexibility index (Phi) is 3.33. The van der Waals surface area contributed by atoms with Crippen molar-refractivity contribution in [3.8, 4) is 0 Å². The molecule has 2 rings (SSSR count). The summed E-state index contributed by atoms with van der Waals surface area (Å²) < 4.78 is 1.26. The number of carboxylic acid groups (broad SMARTS) is 1. The van der Waals surface area contributed by atoms with Crippen LogP contribution in [-0.2, 0) is 6.54 Å². The molecule has 0 bridgehead atoms. The minimum Gasteiger partial charge on any atom is -0.477 e. The van der Waals surface area contributed by atoms with Crippen LogP contribution in [0.5, 0.6) is 0 Å². The summed E-state index contributed by atoms with van der Waals surface area (Å²) >= 11 is 0.